The Hall–Kier alpha value is -3.45. The normalized spacial score (nSPS) is 10.9. The Labute approximate surface area is 185 Å². The van der Waals surface area contributed by atoms with Crippen LogP contribution in [0.3, 0.4) is 0 Å². The minimum atomic E-state index is -0.372. The van der Waals surface area contributed by atoms with Crippen LogP contribution in [0.15, 0.2) is 78.7 Å². The molecule has 156 valence electrons. The van der Waals surface area contributed by atoms with Gasteiger partial charge in [0, 0.05) is 23.2 Å². The summed E-state index contributed by atoms with van der Waals surface area (Å²) < 4.78 is 7.35. The molecule has 2 aromatic carbocycles. The Bertz CT molecular complexity index is 1220. The number of carbonyl (C=O) groups is 1. The lowest BCUT2D eigenvalue weighted by Crippen LogP contribution is -2.12. The molecule has 0 fully saturated rings. The highest BCUT2D eigenvalue weighted by Crippen LogP contribution is 2.35. The Morgan fingerprint density at radius 2 is 1.94 bits per heavy atom. The first-order valence-corrected chi connectivity index (χ1v) is 11.0. The quantitative estimate of drug-likeness (QED) is 0.219. The average molecular weight is 431 g/mol. The number of fused-ring (bicyclic) bond motifs is 1. The van der Waals surface area contributed by atoms with E-state index in [4.69, 9.17) is 9.72 Å². The molecule has 2 aromatic heterocycles. The fraction of sp³-hybridized carbons (Fsp3) is 0.167. The number of hydrogen-bond donors (Lipinski definition) is 0. The second kappa shape index (κ2) is 9.57. The average Bonchev–Trinajstić information content (AvgIpc) is 3.24. The van der Waals surface area contributed by atoms with Crippen LogP contribution >= 0.6 is 11.8 Å². The number of nitrogens with zero attached hydrogens (tertiary/aromatic N) is 4. The predicted molar refractivity (Wildman–Crippen MR) is 123 cm³/mol. The van der Waals surface area contributed by atoms with Gasteiger partial charge in [0.2, 0.25) is 0 Å². The number of ether oxygens (including phenoxy) is 1. The molecule has 0 saturated heterocycles. The first-order chi connectivity index (χ1) is 15.2. The Morgan fingerprint density at radius 3 is 2.71 bits per heavy atom. The smallest absolute Gasteiger partial charge is 0.340 e. The van der Waals surface area contributed by atoms with Gasteiger partial charge < -0.3 is 9.30 Å². The van der Waals surface area contributed by atoms with Gasteiger partial charge in [-0.1, -0.05) is 66.4 Å². The number of esters is 1. The molecule has 4 rings (SSSR count). The van der Waals surface area contributed by atoms with Gasteiger partial charge >= 0.3 is 5.97 Å². The number of allylic oxidation sites excluding steroid dienone is 1. The largest absolute Gasteiger partial charge is 0.462 e. The van der Waals surface area contributed by atoms with Crippen molar-refractivity contribution in [2.45, 2.75) is 24.4 Å². The first-order valence-electron chi connectivity index (χ1n) is 9.98. The summed E-state index contributed by atoms with van der Waals surface area (Å²) >= 11 is 1.48. The molecule has 0 saturated carbocycles. The van der Waals surface area contributed by atoms with Gasteiger partial charge in [-0.2, -0.15) is 0 Å². The molecule has 0 unspecified atom stereocenters. The summed E-state index contributed by atoms with van der Waals surface area (Å²) in [5.41, 5.74) is 3.78. The molecule has 0 N–H and O–H groups in total. The number of aromatic nitrogens is 4. The SMILES string of the molecule is C=CCn1cnnc1SCc1nc2ccccc2c(-c2ccccc2)c1C(=O)OCC. The standard InChI is InChI=1S/C24H22N4O2S/c1-3-14-28-16-25-27-24(28)31-15-20-22(23(29)30-4-2)21(17-10-6-5-7-11-17)18-12-8-9-13-19(18)26-20/h3,5-13,16H,1,4,14-15H2,2H3. The van der Waals surface area contributed by atoms with E-state index in [1.807, 2.05) is 59.2 Å². The van der Waals surface area contributed by atoms with Gasteiger partial charge in [-0.3, -0.25) is 4.98 Å². The van der Waals surface area contributed by atoms with Crippen LogP contribution < -0.4 is 0 Å². The van der Waals surface area contributed by atoms with Crippen LogP contribution in [0.25, 0.3) is 22.0 Å². The zero-order valence-corrected chi connectivity index (χ0v) is 18.0. The molecule has 0 spiro atoms. The molecule has 31 heavy (non-hydrogen) atoms. The monoisotopic (exact) mass is 430 g/mol. The van der Waals surface area contributed by atoms with E-state index in [-0.39, 0.29) is 5.97 Å². The third-order valence-electron chi connectivity index (χ3n) is 4.75. The zero-order valence-electron chi connectivity index (χ0n) is 17.2. The van der Waals surface area contributed by atoms with Crippen molar-refractivity contribution in [3.05, 3.63) is 84.8 Å². The van der Waals surface area contributed by atoms with Crippen molar-refractivity contribution < 1.29 is 9.53 Å². The maximum absolute atomic E-state index is 13.1. The van der Waals surface area contributed by atoms with E-state index in [1.54, 1.807) is 19.3 Å². The van der Waals surface area contributed by atoms with Gasteiger partial charge in [0.1, 0.15) is 6.33 Å². The lowest BCUT2D eigenvalue weighted by atomic mass is 9.94. The van der Waals surface area contributed by atoms with E-state index in [1.165, 1.54) is 11.8 Å². The Balaban J connectivity index is 1.87. The molecule has 0 aliphatic rings. The lowest BCUT2D eigenvalue weighted by molar-refractivity contribution is 0.0526. The topological polar surface area (TPSA) is 69.9 Å². The van der Waals surface area contributed by atoms with E-state index in [9.17, 15) is 4.79 Å². The maximum atomic E-state index is 13.1. The van der Waals surface area contributed by atoms with E-state index in [2.05, 4.69) is 16.8 Å². The molecule has 0 atom stereocenters. The fourth-order valence-electron chi connectivity index (χ4n) is 3.45. The molecule has 2 heterocycles. The van der Waals surface area contributed by atoms with Crippen LogP contribution in [-0.4, -0.2) is 32.3 Å². The number of rotatable bonds is 8. The van der Waals surface area contributed by atoms with E-state index in [0.29, 0.717) is 30.2 Å². The van der Waals surface area contributed by atoms with Crippen molar-refractivity contribution in [3.63, 3.8) is 0 Å². The summed E-state index contributed by atoms with van der Waals surface area (Å²) in [6.07, 6.45) is 3.46. The van der Waals surface area contributed by atoms with Crippen LogP contribution in [0.5, 0.6) is 0 Å². The van der Waals surface area contributed by atoms with Crippen molar-refractivity contribution in [3.8, 4) is 11.1 Å². The second-order valence-electron chi connectivity index (χ2n) is 6.76. The second-order valence-corrected chi connectivity index (χ2v) is 7.70. The number of thioether (sulfide) groups is 1. The number of para-hydroxylation sites is 1. The summed E-state index contributed by atoms with van der Waals surface area (Å²) in [6.45, 7) is 6.48. The minimum Gasteiger partial charge on any atom is -0.462 e. The van der Waals surface area contributed by atoms with Crippen molar-refractivity contribution in [2.75, 3.05) is 6.61 Å². The maximum Gasteiger partial charge on any atom is 0.340 e. The predicted octanol–water partition coefficient (Wildman–Crippen LogP) is 5.15. The van der Waals surface area contributed by atoms with Gasteiger partial charge in [0.05, 0.1) is 23.4 Å². The highest BCUT2D eigenvalue weighted by Gasteiger charge is 2.23. The summed E-state index contributed by atoms with van der Waals surface area (Å²) in [5.74, 6) is 0.0806. The molecule has 4 aromatic rings. The van der Waals surface area contributed by atoms with E-state index >= 15 is 0 Å². The van der Waals surface area contributed by atoms with Crippen LogP contribution in [0.1, 0.15) is 23.0 Å². The summed E-state index contributed by atoms with van der Waals surface area (Å²) in [5, 5.41) is 9.83. The molecular weight excluding hydrogens is 408 g/mol. The molecule has 0 radical (unpaired) electrons. The van der Waals surface area contributed by atoms with Crippen molar-refractivity contribution in [1.82, 2.24) is 19.7 Å². The molecule has 6 nitrogen and oxygen atoms in total. The number of pyridine rings is 1. The van der Waals surface area contributed by atoms with E-state index in [0.717, 1.165) is 27.2 Å². The van der Waals surface area contributed by atoms with Crippen molar-refractivity contribution in [2.24, 2.45) is 0 Å². The summed E-state index contributed by atoms with van der Waals surface area (Å²) in [6, 6.07) is 17.8. The number of carbonyl (C=O) groups excluding carboxylic acids is 1. The van der Waals surface area contributed by atoms with Crippen LogP contribution in [-0.2, 0) is 17.0 Å². The summed E-state index contributed by atoms with van der Waals surface area (Å²) in [7, 11) is 0. The molecule has 7 heteroatoms. The zero-order chi connectivity index (χ0) is 21.6. The van der Waals surface area contributed by atoms with E-state index < -0.39 is 0 Å². The van der Waals surface area contributed by atoms with Gasteiger partial charge in [0.25, 0.3) is 0 Å². The minimum absolute atomic E-state index is 0.292. The van der Waals surface area contributed by atoms with Crippen LogP contribution in [0.2, 0.25) is 0 Å². The molecule has 0 aliphatic heterocycles. The molecular formula is C24H22N4O2S. The highest BCUT2D eigenvalue weighted by atomic mass is 32.2. The Morgan fingerprint density at radius 1 is 1.16 bits per heavy atom. The van der Waals surface area contributed by atoms with Gasteiger partial charge in [-0.15, -0.1) is 16.8 Å². The van der Waals surface area contributed by atoms with Gasteiger partial charge in [-0.05, 0) is 18.6 Å². The number of benzene rings is 2. The van der Waals surface area contributed by atoms with Gasteiger partial charge in [-0.25, -0.2) is 4.79 Å². The first kappa shape index (κ1) is 20.8. The highest BCUT2D eigenvalue weighted by molar-refractivity contribution is 7.98. The Kier molecular flexibility index (Phi) is 6.43. The van der Waals surface area contributed by atoms with Crippen LogP contribution in [0, 0.1) is 0 Å². The van der Waals surface area contributed by atoms with Gasteiger partial charge in [0.15, 0.2) is 5.16 Å². The van der Waals surface area contributed by atoms with Crippen LogP contribution in [0.4, 0.5) is 0 Å². The molecule has 0 aliphatic carbocycles. The molecule has 0 bridgehead atoms. The third-order valence-corrected chi connectivity index (χ3v) is 5.75. The molecule has 0 amide bonds. The lowest BCUT2D eigenvalue weighted by Gasteiger charge is -2.16. The van der Waals surface area contributed by atoms with Crippen molar-refractivity contribution >= 4 is 28.6 Å². The summed E-state index contributed by atoms with van der Waals surface area (Å²) in [4.78, 5) is 18.0. The third kappa shape index (κ3) is 4.36. The number of hydrogen-bond acceptors (Lipinski definition) is 6. The fourth-order valence-corrected chi connectivity index (χ4v) is 4.32. The van der Waals surface area contributed by atoms with Crippen molar-refractivity contribution in [1.29, 1.82) is 0 Å².